The van der Waals surface area contributed by atoms with Crippen LogP contribution in [0.3, 0.4) is 0 Å². The Bertz CT molecular complexity index is 1010. The Balaban J connectivity index is 1.61. The smallest absolute Gasteiger partial charge is 0.266 e. The molecule has 5 heteroatoms. The molecule has 2 aromatic carbocycles. The summed E-state index contributed by atoms with van der Waals surface area (Å²) in [6.07, 6.45) is 1.74. The van der Waals surface area contributed by atoms with E-state index in [-0.39, 0.29) is 11.5 Å². The number of anilines is 1. The molecule has 3 aromatic rings. The van der Waals surface area contributed by atoms with E-state index in [9.17, 15) is 9.59 Å². The number of nitrogens with zero attached hydrogens (tertiary/aromatic N) is 2. The molecular weight excluding hydrogens is 350 g/mol. The number of carbonyl (C=O) groups excluding carboxylic acids is 1. The number of hydrogen-bond acceptors (Lipinski definition) is 3. The summed E-state index contributed by atoms with van der Waals surface area (Å²) in [5, 5.41) is 7.41. The minimum Gasteiger partial charge on any atom is -0.326 e. The first-order valence-electron chi connectivity index (χ1n) is 9.60. The molecule has 28 heavy (non-hydrogen) atoms. The number of nitrogens with one attached hydrogen (secondary N) is 1. The van der Waals surface area contributed by atoms with Crippen molar-refractivity contribution in [1.29, 1.82) is 0 Å². The first-order valence-corrected chi connectivity index (χ1v) is 9.60. The molecule has 3 rings (SSSR count). The molecule has 0 atom stereocenters. The lowest BCUT2D eigenvalue weighted by Crippen LogP contribution is -2.23. The zero-order valence-electron chi connectivity index (χ0n) is 16.3. The third-order valence-electron chi connectivity index (χ3n) is 4.66. The van der Waals surface area contributed by atoms with Crippen LogP contribution >= 0.6 is 0 Å². The number of rotatable bonds is 7. The second-order valence-electron chi connectivity index (χ2n) is 6.81. The highest BCUT2D eigenvalue weighted by Gasteiger charge is 2.07. The van der Waals surface area contributed by atoms with Crippen LogP contribution in [0, 0.1) is 6.92 Å². The average Bonchev–Trinajstić information content (AvgIpc) is 2.70. The van der Waals surface area contributed by atoms with E-state index in [1.165, 1.54) is 16.3 Å². The molecule has 5 nitrogen and oxygen atoms in total. The average molecular weight is 375 g/mol. The Morgan fingerprint density at radius 3 is 2.54 bits per heavy atom. The molecule has 0 saturated carbocycles. The largest absolute Gasteiger partial charge is 0.326 e. The highest BCUT2D eigenvalue weighted by atomic mass is 16.1. The van der Waals surface area contributed by atoms with Crippen molar-refractivity contribution in [3.05, 3.63) is 82.1 Å². The number of para-hydroxylation sites is 1. The highest BCUT2D eigenvalue weighted by Crippen LogP contribution is 2.17. The van der Waals surface area contributed by atoms with Gasteiger partial charge in [0.1, 0.15) is 0 Å². The van der Waals surface area contributed by atoms with Crippen LogP contribution in [0.25, 0.3) is 11.3 Å². The molecule has 0 radical (unpaired) electrons. The van der Waals surface area contributed by atoms with E-state index >= 15 is 0 Å². The molecule has 0 aliphatic carbocycles. The minimum absolute atomic E-state index is 0.0522. The van der Waals surface area contributed by atoms with Gasteiger partial charge in [0.2, 0.25) is 5.91 Å². The molecule has 0 aliphatic rings. The standard InChI is InChI=1S/C23H25N3O2/c1-3-18-7-4-5-8-20(18)24-22(27)9-6-16-26-23(28)15-14-21(25-26)19-12-10-17(2)11-13-19/h4-5,7-8,10-15H,3,6,9,16H2,1-2H3,(H,24,27). The van der Waals surface area contributed by atoms with Gasteiger partial charge in [-0.3, -0.25) is 9.59 Å². The molecule has 0 aliphatic heterocycles. The Kier molecular flexibility index (Phi) is 6.37. The molecular formula is C23H25N3O2. The van der Waals surface area contributed by atoms with Gasteiger partial charge in [0, 0.05) is 30.3 Å². The normalized spacial score (nSPS) is 10.6. The lowest BCUT2D eigenvalue weighted by atomic mass is 10.1. The minimum atomic E-state index is -0.160. The Morgan fingerprint density at radius 1 is 1.04 bits per heavy atom. The maximum absolute atomic E-state index is 12.3. The second kappa shape index (κ2) is 9.13. The molecule has 1 N–H and O–H groups in total. The van der Waals surface area contributed by atoms with Crippen molar-refractivity contribution < 1.29 is 4.79 Å². The van der Waals surface area contributed by atoms with E-state index in [2.05, 4.69) is 17.3 Å². The number of benzene rings is 2. The lowest BCUT2D eigenvalue weighted by molar-refractivity contribution is -0.116. The molecule has 0 bridgehead atoms. The molecule has 0 saturated heterocycles. The van der Waals surface area contributed by atoms with Crippen LogP contribution < -0.4 is 10.9 Å². The fraction of sp³-hybridized carbons (Fsp3) is 0.261. The zero-order chi connectivity index (χ0) is 19.9. The van der Waals surface area contributed by atoms with Gasteiger partial charge in [0.15, 0.2) is 0 Å². The fourth-order valence-corrected chi connectivity index (χ4v) is 3.04. The van der Waals surface area contributed by atoms with Gasteiger partial charge in [-0.15, -0.1) is 0 Å². The molecule has 144 valence electrons. The predicted octanol–water partition coefficient (Wildman–Crippen LogP) is 4.20. The van der Waals surface area contributed by atoms with Gasteiger partial charge in [-0.1, -0.05) is 55.0 Å². The van der Waals surface area contributed by atoms with Gasteiger partial charge in [0.05, 0.1) is 5.69 Å². The molecule has 0 unspecified atom stereocenters. The van der Waals surface area contributed by atoms with E-state index < -0.39 is 0 Å². The summed E-state index contributed by atoms with van der Waals surface area (Å²) in [5.74, 6) is -0.0522. The third kappa shape index (κ3) is 4.94. The topological polar surface area (TPSA) is 64.0 Å². The number of amides is 1. The van der Waals surface area contributed by atoms with Crippen molar-refractivity contribution >= 4 is 11.6 Å². The van der Waals surface area contributed by atoms with Crippen molar-refractivity contribution in [2.24, 2.45) is 0 Å². The van der Waals surface area contributed by atoms with Crippen LogP contribution in [0.1, 0.15) is 30.9 Å². The molecule has 1 amide bonds. The summed E-state index contributed by atoms with van der Waals surface area (Å²) in [4.78, 5) is 24.4. The monoisotopic (exact) mass is 375 g/mol. The summed E-state index contributed by atoms with van der Waals surface area (Å²) in [5.41, 5.74) is 4.70. The van der Waals surface area contributed by atoms with Crippen molar-refractivity contribution in [2.45, 2.75) is 39.7 Å². The van der Waals surface area contributed by atoms with E-state index in [4.69, 9.17) is 0 Å². The van der Waals surface area contributed by atoms with Crippen LogP contribution in [0.4, 0.5) is 5.69 Å². The molecule has 1 aromatic heterocycles. The molecule has 1 heterocycles. The molecule has 0 spiro atoms. The predicted molar refractivity (Wildman–Crippen MR) is 112 cm³/mol. The highest BCUT2D eigenvalue weighted by molar-refractivity contribution is 5.91. The summed E-state index contributed by atoms with van der Waals surface area (Å²) < 4.78 is 1.43. The summed E-state index contributed by atoms with van der Waals surface area (Å²) in [7, 11) is 0. The van der Waals surface area contributed by atoms with Gasteiger partial charge in [0.25, 0.3) is 5.56 Å². The van der Waals surface area contributed by atoms with Crippen molar-refractivity contribution in [3.63, 3.8) is 0 Å². The first kappa shape index (κ1) is 19.5. The van der Waals surface area contributed by atoms with E-state index in [1.54, 1.807) is 6.07 Å². The van der Waals surface area contributed by atoms with Crippen LogP contribution in [0.15, 0.2) is 65.5 Å². The van der Waals surface area contributed by atoms with Crippen LogP contribution in [0.5, 0.6) is 0 Å². The van der Waals surface area contributed by atoms with Crippen molar-refractivity contribution in [1.82, 2.24) is 9.78 Å². The summed E-state index contributed by atoms with van der Waals surface area (Å²) in [6, 6.07) is 19.1. The van der Waals surface area contributed by atoms with Crippen molar-refractivity contribution in [3.8, 4) is 11.3 Å². The van der Waals surface area contributed by atoms with Crippen LogP contribution in [0.2, 0.25) is 0 Å². The SMILES string of the molecule is CCc1ccccc1NC(=O)CCCn1nc(-c2ccc(C)cc2)ccc1=O. The maximum Gasteiger partial charge on any atom is 0.266 e. The van der Waals surface area contributed by atoms with Gasteiger partial charge >= 0.3 is 0 Å². The number of carbonyl (C=O) groups is 1. The van der Waals surface area contributed by atoms with E-state index in [0.717, 1.165) is 28.9 Å². The van der Waals surface area contributed by atoms with Gasteiger partial charge in [-0.2, -0.15) is 5.10 Å². The first-order chi connectivity index (χ1) is 13.6. The maximum atomic E-state index is 12.3. The Morgan fingerprint density at radius 2 is 1.79 bits per heavy atom. The van der Waals surface area contributed by atoms with Gasteiger partial charge in [-0.25, -0.2) is 4.68 Å². The Hall–Kier alpha value is -3.21. The van der Waals surface area contributed by atoms with Crippen LogP contribution in [-0.2, 0) is 17.8 Å². The summed E-state index contributed by atoms with van der Waals surface area (Å²) >= 11 is 0. The second-order valence-corrected chi connectivity index (χ2v) is 6.81. The summed E-state index contributed by atoms with van der Waals surface area (Å²) in [6.45, 7) is 4.49. The van der Waals surface area contributed by atoms with E-state index in [0.29, 0.717) is 19.4 Å². The van der Waals surface area contributed by atoms with E-state index in [1.807, 2.05) is 55.5 Å². The fourth-order valence-electron chi connectivity index (χ4n) is 3.04. The number of aromatic nitrogens is 2. The quantitative estimate of drug-likeness (QED) is 0.673. The van der Waals surface area contributed by atoms with Crippen LogP contribution in [-0.4, -0.2) is 15.7 Å². The van der Waals surface area contributed by atoms with Gasteiger partial charge < -0.3 is 5.32 Å². The Labute approximate surface area is 165 Å². The van der Waals surface area contributed by atoms with Crippen molar-refractivity contribution in [2.75, 3.05) is 5.32 Å². The lowest BCUT2D eigenvalue weighted by Gasteiger charge is -2.10. The number of aryl methyl sites for hydroxylation is 3. The zero-order valence-corrected chi connectivity index (χ0v) is 16.3. The van der Waals surface area contributed by atoms with Gasteiger partial charge in [-0.05, 0) is 37.5 Å². The number of hydrogen-bond donors (Lipinski definition) is 1. The third-order valence-corrected chi connectivity index (χ3v) is 4.66. The molecule has 0 fully saturated rings.